The third-order valence-corrected chi connectivity index (χ3v) is 2.86. The quantitative estimate of drug-likeness (QED) is 0.831. The van der Waals surface area contributed by atoms with E-state index in [1.54, 1.807) is 11.6 Å². The molecule has 2 rings (SSSR count). The summed E-state index contributed by atoms with van der Waals surface area (Å²) >= 11 is 5.89. The molecule has 2 heterocycles. The van der Waals surface area contributed by atoms with Crippen molar-refractivity contribution in [3.8, 4) is 0 Å². The molecule has 7 heteroatoms. The third kappa shape index (κ3) is 2.26. The van der Waals surface area contributed by atoms with Crippen molar-refractivity contribution in [1.29, 1.82) is 0 Å². The molecule has 0 saturated carbocycles. The van der Waals surface area contributed by atoms with Crippen LogP contribution in [0.4, 0.5) is 0 Å². The van der Waals surface area contributed by atoms with Crippen LogP contribution in [0.15, 0.2) is 11.2 Å². The van der Waals surface area contributed by atoms with Gasteiger partial charge in [-0.25, -0.2) is 4.98 Å². The number of guanidine groups is 1. The van der Waals surface area contributed by atoms with Crippen LogP contribution in [0.2, 0.25) is 5.15 Å². The van der Waals surface area contributed by atoms with Gasteiger partial charge in [-0.3, -0.25) is 15.1 Å². The molecule has 1 amide bonds. The highest BCUT2D eigenvalue weighted by Gasteiger charge is 2.32. The van der Waals surface area contributed by atoms with E-state index in [-0.39, 0.29) is 5.91 Å². The van der Waals surface area contributed by atoms with Crippen LogP contribution in [0.3, 0.4) is 0 Å². The molecule has 0 spiro atoms. The number of rotatable bonds is 3. The van der Waals surface area contributed by atoms with Gasteiger partial charge in [0.2, 0.25) is 0 Å². The minimum Gasteiger partial charge on any atom is -0.338 e. The first kappa shape index (κ1) is 11.9. The monoisotopic (exact) mass is 255 g/mol. The highest BCUT2D eigenvalue weighted by atomic mass is 35.5. The number of aliphatic imine (C=N–C) groups is 1. The number of hydrogen-bond acceptors (Lipinski definition) is 3. The number of imidazole rings is 1. The predicted molar refractivity (Wildman–Crippen MR) is 64.8 cm³/mol. The topological polar surface area (TPSA) is 71.3 Å². The van der Waals surface area contributed by atoms with E-state index in [9.17, 15) is 4.79 Å². The second kappa shape index (κ2) is 4.75. The van der Waals surface area contributed by atoms with Gasteiger partial charge in [-0.1, -0.05) is 18.5 Å². The number of aromatic nitrogens is 2. The summed E-state index contributed by atoms with van der Waals surface area (Å²) in [5.74, 6) is 0.917. The molecule has 0 radical (unpaired) electrons. The van der Waals surface area contributed by atoms with E-state index in [0.717, 1.165) is 6.42 Å². The minimum absolute atomic E-state index is 0.162. The molecule has 92 valence electrons. The summed E-state index contributed by atoms with van der Waals surface area (Å²) in [6.07, 6.45) is 2.45. The van der Waals surface area contributed by atoms with Gasteiger partial charge in [0.15, 0.2) is 12.0 Å². The zero-order chi connectivity index (χ0) is 12.4. The first-order valence-corrected chi connectivity index (χ1v) is 5.80. The van der Waals surface area contributed by atoms with E-state index < -0.39 is 6.04 Å². The Morgan fingerprint density at radius 1 is 1.65 bits per heavy atom. The molecule has 1 aromatic rings. The van der Waals surface area contributed by atoms with E-state index in [1.807, 2.05) is 6.92 Å². The second-order valence-electron chi connectivity index (χ2n) is 3.80. The first-order valence-electron chi connectivity index (χ1n) is 5.42. The summed E-state index contributed by atoms with van der Waals surface area (Å²) < 4.78 is 1.67. The Balaban J connectivity index is 2.19. The Bertz CT molecular complexity index is 467. The summed E-state index contributed by atoms with van der Waals surface area (Å²) in [6, 6.07) is -0.525. The molecule has 1 aromatic heterocycles. The van der Waals surface area contributed by atoms with Crippen molar-refractivity contribution in [3.05, 3.63) is 17.2 Å². The Labute approximate surface area is 104 Å². The van der Waals surface area contributed by atoms with Gasteiger partial charge in [0.05, 0.1) is 6.20 Å². The predicted octanol–water partition coefficient (Wildman–Crippen LogP) is 0.600. The number of halogens is 1. The maximum absolute atomic E-state index is 11.8. The molecule has 1 aliphatic heterocycles. The number of hydrogen-bond donors (Lipinski definition) is 2. The average Bonchev–Trinajstić information content (AvgIpc) is 2.82. The van der Waals surface area contributed by atoms with Gasteiger partial charge < -0.3 is 9.88 Å². The summed E-state index contributed by atoms with van der Waals surface area (Å²) in [5, 5.41) is 6.16. The fourth-order valence-electron chi connectivity index (χ4n) is 1.59. The van der Waals surface area contributed by atoms with Crippen molar-refractivity contribution in [2.75, 3.05) is 6.54 Å². The van der Waals surface area contributed by atoms with Crippen LogP contribution in [-0.4, -0.2) is 28.0 Å². The standard InChI is InChI=1S/C10H14ClN5O/c1-3-4-12-10-14-7(9(17)15-10)8-13-5-6(11)16(8)2/h5,7H,3-4H2,1-2H3,(H2,12,14,15,17). The van der Waals surface area contributed by atoms with Crippen molar-refractivity contribution in [2.24, 2.45) is 12.0 Å². The SMILES string of the molecule is CCCN=C1NC(=O)C(c2ncc(Cl)n2C)N1. The van der Waals surface area contributed by atoms with Gasteiger partial charge in [0.1, 0.15) is 11.0 Å². The van der Waals surface area contributed by atoms with Crippen LogP contribution >= 0.6 is 11.6 Å². The molecule has 2 N–H and O–H groups in total. The fraction of sp³-hybridized carbons (Fsp3) is 0.500. The summed E-state index contributed by atoms with van der Waals surface area (Å²) in [4.78, 5) is 20.1. The maximum Gasteiger partial charge on any atom is 0.257 e. The number of carbonyl (C=O) groups excluding carboxylic acids is 1. The van der Waals surface area contributed by atoms with Crippen molar-refractivity contribution < 1.29 is 4.79 Å². The lowest BCUT2D eigenvalue weighted by Crippen LogP contribution is -2.26. The van der Waals surface area contributed by atoms with Crippen LogP contribution in [0, 0.1) is 0 Å². The zero-order valence-corrected chi connectivity index (χ0v) is 10.5. The van der Waals surface area contributed by atoms with Crippen LogP contribution in [0.5, 0.6) is 0 Å². The van der Waals surface area contributed by atoms with Crippen LogP contribution < -0.4 is 10.6 Å². The third-order valence-electron chi connectivity index (χ3n) is 2.50. The number of carbonyl (C=O) groups is 1. The number of nitrogens with one attached hydrogen (secondary N) is 2. The normalized spacial score (nSPS) is 21.7. The summed E-state index contributed by atoms with van der Waals surface area (Å²) in [7, 11) is 1.76. The minimum atomic E-state index is -0.525. The molecular weight excluding hydrogens is 242 g/mol. The highest BCUT2D eigenvalue weighted by molar-refractivity contribution is 6.29. The van der Waals surface area contributed by atoms with Gasteiger partial charge in [-0.2, -0.15) is 0 Å². The lowest BCUT2D eigenvalue weighted by atomic mass is 10.3. The van der Waals surface area contributed by atoms with Crippen LogP contribution in [0.25, 0.3) is 0 Å². The molecule has 0 bridgehead atoms. The van der Waals surface area contributed by atoms with E-state index in [0.29, 0.717) is 23.5 Å². The molecule has 1 aliphatic rings. The van der Waals surface area contributed by atoms with Gasteiger partial charge in [-0.15, -0.1) is 0 Å². The molecule has 17 heavy (non-hydrogen) atoms. The highest BCUT2D eigenvalue weighted by Crippen LogP contribution is 2.18. The van der Waals surface area contributed by atoms with Crippen LogP contribution in [0.1, 0.15) is 25.2 Å². The van der Waals surface area contributed by atoms with Crippen LogP contribution in [-0.2, 0) is 11.8 Å². The first-order chi connectivity index (χ1) is 8.13. The Morgan fingerprint density at radius 3 is 3.00 bits per heavy atom. The van der Waals surface area contributed by atoms with Gasteiger partial charge in [0, 0.05) is 13.6 Å². The van der Waals surface area contributed by atoms with Crippen molar-refractivity contribution in [2.45, 2.75) is 19.4 Å². The van der Waals surface area contributed by atoms with E-state index in [1.165, 1.54) is 6.20 Å². The summed E-state index contributed by atoms with van der Waals surface area (Å²) in [5.41, 5.74) is 0. The van der Waals surface area contributed by atoms with Crippen molar-refractivity contribution in [3.63, 3.8) is 0 Å². The lowest BCUT2D eigenvalue weighted by Gasteiger charge is -2.07. The molecule has 0 aromatic carbocycles. The molecular formula is C10H14ClN5O. The van der Waals surface area contributed by atoms with E-state index in [4.69, 9.17) is 11.6 Å². The number of amides is 1. The molecule has 1 atom stereocenters. The van der Waals surface area contributed by atoms with Gasteiger partial charge in [0.25, 0.3) is 5.91 Å². The molecule has 1 saturated heterocycles. The number of nitrogens with zero attached hydrogens (tertiary/aromatic N) is 3. The fourth-order valence-corrected chi connectivity index (χ4v) is 1.72. The van der Waals surface area contributed by atoms with Gasteiger partial charge >= 0.3 is 0 Å². The molecule has 0 aliphatic carbocycles. The summed E-state index contributed by atoms with van der Waals surface area (Å²) in [6.45, 7) is 2.70. The average molecular weight is 256 g/mol. The molecule has 6 nitrogen and oxygen atoms in total. The molecule has 1 fully saturated rings. The van der Waals surface area contributed by atoms with E-state index >= 15 is 0 Å². The maximum atomic E-state index is 11.8. The van der Waals surface area contributed by atoms with Crippen molar-refractivity contribution >= 4 is 23.5 Å². The molecule has 1 unspecified atom stereocenters. The Hall–Kier alpha value is -1.56. The second-order valence-corrected chi connectivity index (χ2v) is 4.18. The van der Waals surface area contributed by atoms with Gasteiger partial charge in [-0.05, 0) is 6.42 Å². The smallest absolute Gasteiger partial charge is 0.257 e. The largest absolute Gasteiger partial charge is 0.338 e. The van der Waals surface area contributed by atoms with E-state index in [2.05, 4.69) is 20.6 Å². The van der Waals surface area contributed by atoms with Crippen molar-refractivity contribution in [1.82, 2.24) is 20.2 Å². The Kier molecular flexibility index (Phi) is 3.33. The zero-order valence-electron chi connectivity index (χ0n) is 9.70. The lowest BCUT2D eigenvalue weighted by molar-refractivity contribution is -0.120. The Morgan fingerprint density at radius 2 is 2.41 bits per heavy atom.